The zero-order valence-corrected chi connectivity index (χ0v) is 17.2. The number of aromatic nitrogens is 1. The van der Waals surface area contributed by atoms with E-state index in [-0.39, 0.29) is 24.4 Å². The molecule has 2 saturated heterocycles. The van der Waals surface area contributed by atoms with Gasteiger partial charge in [0.25, 0.3) is 0 Å². The van der Waals surface area contributed by atoms with E-state index in [4.69, 9.17) is 4.74 Å². The van der Waals surface area contributed by atoms with Crippen molar-refractivity contribution in [1.82, 2.24) is 15.2 Å². The van der Waals surface area contributed by atoms with Crippen molar-refractivity contribution in [3.05, 3.63) is 29.1 Å². The molecular weight excluding hydrogens is 395 g/mol. The highest BCUT2D eigenvalue weighted by atomic mass is 19.4. The first-order valence-corrected chi connectivity index (χ1v) is 11.0. The average molecular weight is 423 g/mol. The molecule has 1 spiro atoms. The third-order valence-electron chi connectivity index (χ3n) is 7.91. The fourth-order valence-corrected chi connectivity index (χ4v) is 6.16. The molecule has 3 fully saturated rings. The van der Waals surface area contributed by atoms with Crippen molar-refractivity contribution >= 4 is 5.91 Å². The van der Waals surface area contributed by atoms with Crippen LogP contribution in [0.15, 0.2) is 12.3 Å². The number of alkyl halides is 3. The van der Waals surface area contributed by atoms with E-state index < -0.39 is 17.2 Å². The van der Waals surface area contributed by atoms with Crippen LogP contribution in [0, 0.1) is 11.3 Å². The number of halogens is 3. The van der Waals surface area contributed by atoms with Gasteiger partial charge in [-0.3, -0.25) is 9.78 Å². The van der Waals surface area contributed by atoms with Gasteiger partial charge >= 0.3 is 6.18 Å². The molecule has 5 rings (SSSR count). The summed E-state index contributed by atoms with van der Waals surface area (Å²) < 4.78 is 44.8. The van der Waals surface area contributed by atoms with E-state index in [2.05, 4.69) is 17.2 Å². The molecule has 164 valence electrons. The molecule has 5 nitrogen and oxygen atoms in total. The summed E-state index contributed by atoms with van der Waals surface area (Å²) in [6, 6.07) is 1.96. The number of hydrogen-bond donors (Lipinski definition) is 1. The molecule has 1 aromatic rings. The summed E-state index contributed by atoms with van der Waals surface area (Å²) in [6.07, 6.45) is 1.69. The third kappa shape index (κ3) is 3.23. The SMILES string of the molecule is CC1C2Cc3ncc(C(F)(F)F)cc3CN2C(=O)[C@]12CC[C@@H](NC1CCOCC1)C2. The molecule has 4 heterocycles. The van der Waals surface area contributed by atoms with Crippen molar-refractivity contribution < 1.29 is 22.7 Å². The Morgan fingerprint density at radius 1 is 1.23 bits per heavy atom. The van der Waals surface area contributed by atoms with Gasteiger partial charge in [-0.05, 0) is 49.7 Å². The van der Waals surface area contributed by atoms with Crippen LogP contribution in [0.25, 0.3) is 0 Å². The molecule has 2 unspecified atom stereocenters. The van der Waals surface area contributed by atoms with Crippen LogP contribution in [0.4, 0.5) is 13.2 Å². The molecule has 3 aliphatic heterocycles. The molecule has 0 radical (unpaired) electrons. The van der Waals surface area contributed by atoms with E-state index >= 15 is 0 Å². The van der Waals surface area contributed by atoms with Crippen LogP contribution in [0.1, 0.15) is 55.8 Å². The van der Waals surface area contributed by atoms with Gasteiger partial charge in [0.05, 0.1) is 11.0 Å². The number of carbonyl (C=O) groups excluding carboxylic acids is 1. The summed E-state index contributed by atoms with van der Waals surface area (Å²) in [5, 5.41) is 3.74. The number of amides is 1. The molecule has 30 heavy (non-hydrogen) atoms. The molecule has 1 saturated carbocycles. The zero-order valence-electron chi connectivity index (χ0n) is 17.2. The summed E-state index contributed by atoms with van der Waals surface area (Å²) in [4.78, 5) is 19.5. The van der Waals surface area contributed by atoms with Crippen LogP contribution in [0.2, 0.25) is 0 Å². The second-order valence-electron chi connectivity index (χ2n) is 9.47. The van der Waals surface area contributed by atoms with E-state index in [0.717, 1.165) is 51.5 Å². The summed E-state index contributed by atoms with van der Waals surface area (Å²) in [5.74, 6) is 0.295. The lowest BCUT2D eigenvalue weighted by Gasteiger charge is -2.33. The van der Waals surface area contributed by atoms with E-state index in [1.165, 1.54) is 6.07 Å². The minimum Gasteiger partial charge on any atom is -0.381 e. The second kappa shape index (κ2) is 7.19. The van der Waals surface area contributed by atoms with Gasteiger partial charge in [-0.1, -0.05) is 6.92 Å². The number of nitrogens with one attached hydrogen (secondary N) is 1. The maximum Gasteiger partial charge on any atom is 0.417 e. The lowest BCUT2D eigenvalue weighted by Crippen LogP contribution is -2.42. The summed E-state index contributed by atoms with van der Waals surface area (Å²) in [6.45, 7) is 3.95. The van der Waals surface area contributed by atoms with Crippen molar-refractivity contribution in [2.45, 2.75) is 76.3 Å². The van der Waals surface area contributed by atoms with E-state index in [9.17, 15) is 18.0 Å². The molecule has 1 aliphatic carbocycles. The average Bonchev–Trinajstić information content (AvgIpc) is 3.23. The number of nitrogens with zero attached hydrogens (tertiary/aromatic N) is 2. The highest BCUT2D eigenvalue weighted by Crippen LogP contribution is 2.54. The standard InChI is InChI=1S/C22H28F3N3O2/c1-13-19-9-18-14(8-15(11-26-18)22(23,24)25)12-28(19)20(29)21(13)5-2-17(10-21)27-16-3-6-30-7-4-16/h8,11,13,16-17,19,27H,2-7,9-10,12H2,1H3/t13?,17-,19?,21+/m1/s1. The van der Waals surface area contributed by atoms with Crippen LogP contribution in [-0.4, -0.2) is 47.1 Å². The predicted octanol–water partition coefficient (Wildman–Crippen LogP) is 3.31. The van der Waals surface area contributed by atoms with Crippen molar-refractivity contribution in [3.8, 4) is 0 Å². The molecule has 1 aromatic heterocycles. The van der Waals surface area contributed by atoms with Crippen molar-refractivity contribution in [1.29, 1.82) is 0 Å². The van der Waals surface area contributed by atoms with Gasteiger partial charge in [-0.25, -0.2) is 0 Å². The molecule has 4 atom stereocenters. The Labute approximate surface area is 174 Å². The first kappa shape index (κ1) is 20.2. The van der Waals surface area contributed by atoms with Gasteiger partial charge in [0.1, 0.15) is 0 Å². The number of fused-ring (bicyclic) bond motifs is 2. The quantitative estimate of drug-likeness (QED) is 0.793. The number of carbonyl (C=O) groups is 1. The minimum absolute atomic E-state index is 0.0241. The predicted molar refractivity (Wildman–Crippen MR) is 103 cm³/mol. The number of rotatable bonds is 2. The Morgan fingerprint density at radius 3 is 2.73 bits per heavy atom. The van der Waals surface area contributed by atoms with Gasteiger partial charge in [-0.2, -0.15) is 13.2 Å². The molecule has 0 bridgehead atoms. The topological polar surface area (TPSA) is 54.5 Å². The minimum atomic E-state index is -4.42. The number of pyridine rings is 1. The van der Waals surface area contributed by atoms with E-state index in [1.807, 2.05) is 4.90 Å². The van der Waals surface area contributed by atoms with Gasteiger partial charge in [0.2, 0.25) is 5.91 Å². The summed E-state index contributed by atoms with van der Waals surface area (Å²) >= 11 is 0. The Kier molecular flexibility index (Phi) is 4.85. The molecule has 1 N–H and O–H groups in total. The zero-order chi connectivity index (χ0) is 21.1. The van der Waals surface area contributed by atoms with E-state index in [0.29, 0.717) is 29.8 Å². The maximum atomic E-state index is 13.5. The summed E-state index contributed by atoms with van der Waals surface area (Å²) in [7, 11) is 0. The molecule has 8 heteroatoms. The van der Waals surface area contributed by atoms with Crippen molar-refractivity contribution in [2.24, 2.45) is 11.3 Å². The van der Waals surface area contributed by atoms with Gasteiger partial charge < -0.3 is 15.0 Å². The second-order valence-corrected chi connectivity index (χ2v) is 9.47. The van der Waals surface area contributed by atoms with Crippen LogP contribution in [0.5, 0.6) is 0 Å². The van der Waals surface area contributed by atoms with Crippen molar-refractivity contribution in [3.63, 3.8) is 0 Å². The van der Waals surface area contributed by atoms with Crippen molar-refractivity contribution in [2.75, 3.05) is 13.2 Å². The Hall–Kier alpha value is -1.67. The largest absolute Gasteiger partial charge is 0.417 e. The van der Waals surface area contributed by atoms with Crippen LogP contribution in [-0.2, 0) is 28.7 Å². The monoisotopic (exact) mass is 423 g/mol. The van der Waals surface area contributed by atoms with Gasteiger partial charge in [-0.15, -0.1) is 0 Å². The van der Waals surface area contributed by atoms with Crippen LogP contribution < -0.4 is 5.32 Å². The molecular formula is C22H28F3N3O2. The smallest absolute Gasteiger partial charge is 0.381 e. The lowest BCUT2D eigenvalue weighted by atomic mass is 9.73. The summed E-state index contributed by atoms with van der Waals surface area (Å²) in [5.41, 5.74) is 0.0997. The fourth-order valence-electron chi connectivity index (χ4n) is 6.16. The molecule has 1 amide bonds. The normalized spacial score (nSPS) is 34.5. The Balaban J connectivity index is 1.34. The highest BCUT2D eigenvalue weighted by molar-refractivity contribution is 5.87. The lowest BCUT2D eigenvalue weighted by molar-refractivity contribution is -0.138. The molecule has 0 aromatic carbocycles. The van der Waals surface area contributed by atoms with Gasteiger partial charge in [0, 0.05) is 56.2 Å². The Morgan fingerprint density at radius 2 is 2.00 bits per heavy atom. The van der Waals surface area contributed by atoms with Crippen LogP contribution >= 0.6 is 0 Å². The Bertz CT molecular complexity index is 839. The maximum absolute atomic E-state index is 13.5. The first-order valence-electron chi connectivity index (χ1n) is 11.0. The molecule has 4 aliphatic rings. The third-order valence-corrected chi connectivity index (χ3v) is 7.91. The van der Waals surface area contributed by atoms with Crippen LogP contribution in [0.3, 0.4) is 0 Å². The fraction of sp³-hybridized carbons (Fsp3) is 0.727. The number of hydrogen-bond acceptors (Lipinski definition) is 4. The first-order chi connectivity index (χ1) is 14.3. The highest BCUT2D eigenvalue weighted by Gasteiger charge is 2.60. The van der Waals surface area contributed by atoms with E-state index in [1.54, 1.807) is 0 Å². The van der Waals surface area contributed by atoms with Gasteiger partial charge in [0.15, 0.2) is 0 Å². The number of ether oxygens (including phenoxy) is 1.